The first-order valence-electron chi connectivity index (χ1n) is 10.4. The van der Waals surface area contributed by atoms with Gasteiger partial charge < -0.3 is 11.2 Å². The first kappa shape index (κ1) is 21.5. The number of thioether (sulfide) groups is 1. The molecule has 0 unspecified atom stereocenters. The fraction of sp³-hybridized carbons (Fsp3) is 0.120. The predicted molar refractivity (Wildman–Crippen MR) is 134 cm³/mol. The first-order valence-corrected chi connectivity index (χ1v) is 11.3. The van der Waals surface area contributed by atoms with E-state index in [0.717, 1.165) is 27.4 Å². The molecule has 4 rings (SSSR count). The Morgan fingerprint density at radius 2 is 1.66 bits per heavy atom. The summed E-state index contributed by atoms with van der Waals surface area (Å²) >= 11 is 1.70. The van der Waals surface area contributed by atoms with Crippen LogP contribution >= 0.6 is 11.8 Å². The van der Waals surface area contributed by atoms with Crippen molar-refractivity contribution in [2.75, 3.05) is 5.73 Å². The van der Waals surface area contributed by atoms with Gasteiger partial charge in [0, 0.05) is 27.6 Å². The highest BCUT2D eigenvalue weighted by atomic mass is 32.2. The number of anilines is 1. The minimum Gasteiger partial charge on any atom is -0.398 e. The van der Waals surface area contributed by atoms with Gasteiger partial charge in [0.05, 0.1) is 5.71 Å². The van der Waals surface area contributed by atoms with E-state index in [4.69, 9.17) is 10.7 Å². The Bertz CT molecular complexity index is 1110. The molecule has 0 radical (unpaired) electrons. The van der Waals surface area contributed by atoms with Gasteiger partial charge in [-0.3, -0.25) is 5.43 Å². The van der Waals surface area contributed by atoms with Gasteiger partial charge >= 0.3 is 0 Å². The van der Waals surface area contributed by atoms with Crippen LogP contribution in [0.15, 0.2) is 112 Å². The lowest BCUT2D eigenvalue weighted by Crippen LogP contribution is -2.44. The van der Waals surface area contributed by atoms with Crippen molar-refractivity contribution in [1.82, 2.24) is 16.3 Å². The Hall–Kier alpha value is -3.71. The summed E-state index contributed by atoms with van der Waals surface area (Å²) in [5.41, 5.74) is 19.0. The van der Waals surface area contributed by atoms with Crippen molar-refractivity contribution in [3.05, 3.63) is 108 Å². The molecule has 3 aromatic rings. The molecule has 162 valence electrons. The molecule has 3 aromatic carbocycles. The molecule has 5 N–H and O–H groups in total. The summed E-state index contributed by atoms with van der Waals surface area (Å²) in [4.78, 5) is 5.92. The highest BCUT2D eigenvalue weighted by molar-refractivity contribution is 8.00. The van der Waals surface area contributed by atoms with Gasteiger partial charge in [-0.1, -0.05) is 78.9 Å². The van der Waals surface area contributed by atoms with Crippen LogP contribution in [0.2, 0.25) is 0 Å². The van der Waals surface area contributed by atoms with Crippen molar-refractivity contribution in [2.24, 2.45) is 10.1 Å². The van der Waals surface area contributed by atoms with E-state index in [-0.39, 0.29) is 11.3 Å². The minimum absolute atomic E-state index is 0.205. The summed E-state index contributed by atoms with van der Waals surface area (Å²) in [7, 11) is 0. The van der Waals surface area contributed by atoms with E-state index < -0.39 is 0 Å². The highest BCUT2D eigenvalue weighted by Crippen LogP contribution is 2.28. The fourth-order valence-corrected chi connectivity index (χ4v) is 4.19. The Labute approximate surface area is 192 Å². The maximum absolute atomic E-state index is 6.03. The number of hydrogen-bond acceptors (Lipinski definition) is 7. The molecule has 0 saturated heterocycles. The molecule has 6 nitrogen and oxygen atoms in total. The Morgan fingerprint density at radius 1 is 0.969 bits per heavy atom. The number of hydrogen-bond donors (Lipinski definition) is 4. The number of hydrazone groups is 1. The second-order valence-corrected chi connectivity index (χ2v) is 8.67. The largest absolute Gasteiger partial charge is 0.398 e. The summed E-state index contributed by atoms with van der Waals surface area (Å²) in [5.74, 6) is 0.552. The Kier molecular flexibility index (Phi) is 7.09. The van der Waals surface area contributed by atoms with Crippen molar-refractivity contribution < 1.29 is 0 Å². The SMILES string of the molecule is C[C@H](/C=C\NNC1=N[C@H](c2ccccc2)C(c2ccccc2)=NN1)Sc1ccccc1N. The number of benzene rings is 3. The number of nitrogen functional groups attached to an aromatic ring is 1. The number of guanidine groups is 1. The normalized spacial score (nSPS) is 16.6. The van der Waals surface area contributed by atoms with Crippen molar-refractivity contribution in [2.45, 2.75) is 23.1 Å². The quantitative estimate of drug-likeness (QED) is 0.247. The smallest absolute Gasteiger partial charge is 0.232 e. The van der Waals surface area contributed by atoms with E-state index >= 15 is 0 Å². The van der Waals surface area contributed by atoms with Gasteiger partial charge in [0.1, 0.15) is 6.04 Å². The van der Waals surface area contributed by atoms with Gasteiger partial charge in [-0.2, -0.15) is 5.10 Å². The fourth-order valence-electron chi connectivity index (χ4n) is 3.27. The first-order chi connectivity index (χ1) is 15.7. The molecular weight excluding hydrogens is 416 g/mol. The molecule has 0 fully saturated rings. The van der Waals surface area contributed by atoms with Crippen molar-refractivity contribution in [3.8, 4) is 0 Å². The zero-order chi connectivity index (χ0) is 22.2. The summed E-state index contributed by atoms with van der Waals surface area (Å²) in [5, 5.41) is 4.85. The van der Waals surface area contributed by atoms with Gasteiger partial charge in [-0.25, -0.2) is 10.4 Å². The molecule has 32 heavy (non-hydrogen) atoms. The molecule has 0 saturated carbocycles. The lowest BCUT2D eigenvalue weighted by atomic mass is 9.97. The molecule has 0 bridgehead atoms. The van der Waals surface area contributed by atoms with E-state index in [1.807, 2.05) is 79.0 Å². The number of nitrogens with one attached hydrogen (secondary N) is 3. The van der Waals surface area contributed by atoms with Gasteiger partial charge in [-0.05, 0) is 24.6 Å². The average Bonchev–Trinajstić information content (AvgIpc) is 2.84. The molecule has 0 aliphatic carbocycles. The Morgan fingerprint density at radius 3 is 2.41 bits per heavy atom. The highest BCUT2D eigenvalue weighted by Gasteiger charge is 2.23. The van der Waals surface area contributed by atoms with Crippen molar-refractivity contribution in [3.63, 3.8) is 0 Å². The van der Waals surface area contributed by atoms with Crippen LogP contribution in [0.3, 0.4) is 0 Å². The summed E-state index contributed by atoms with van der Waals surface area (Å²) in [6, 6.07) is 27.9. The summed E-state index contributed by atoms with van der Waals surface area (Å²) < 4.78 is 0. The van der Waals surface area contributed by atoms with E-state index in [2.05, 4.69) is 46.5 Å². The maximum atomic E-state index is 6.03. The standard InChI is InChI=1S/C25H26N6S/c1-18(32-22-15-9-8-14-21(22)26)16-17-27-30-25-28-23(19-10-4-2-5-11-19)24(29-31-25)20-12-6-3-7-13-20/h2-18,23,27H,26H2,1H3,(H2,28,30,31)/b17-16-/t18-,23-/m1/s1. The number of hydrazine groups is 1. The van der Waals surface area contributed by atoms with Crippen LogP contribution in [0, 0.1) is 0 Å². The zero-order valence-corrected chi connectivity index (χ0v) is 18.6. The molecule has 7 heteroatoms. The maximum Gasteiger partial charge on any atom is 0.232 e. The third-order valence-corrected chi connectivity index (χ3v) is 6.01. The molecule has 2 atom stereocenters. The molecule has 0 spiro atoms. The van der Waals surface area contributed by atoms with E-state index in [9.17, 15) is 0 Å². The lowest BCUT2D eigenvalue weighted by Gasteiger charge is -2.23. The van der Waals surface area contributed by atoms with Gasteiger partial charge in [0.15, 0.2) is 0 Å². The van der Waals surface area contributed by atoms with E-state index in [1.165, 1.54) is 0 Å². The van der Waals surface area contributed by atoms with Crippen molar-refractivity contribution >= 4 is 29.1 Å². The zero-order valence-electron chi connectivity index (χ0n) is 17.8. The number of nitrogens with two attached hydrogens (primary N) is 1. The van der Waals surface area contributed by atoms with Crippen LogP contribution in [0.1, 0.15) is 24.1 Å². The number of nitrogens with zero attached hydrogens (tertiary/aromatic N) is 2. The average molecular weight is 443 g/mol. The van der Waals surface area contributed by atoms with Crippen LogP contribution in [-0.4, -0.2) is 16.9 Å². The molecule has 1 aliphatic rings. The molecular formula is C25H26N6S. The predicted octanol–water partition coefficient (Wildman–Crippen LogP) is 4.46. The van der Waals surface area contributed by atoms with Gasteiger partial charge in [0.2, 0.25) is 5.96 Å². The van der Waals surface area contributed by atoms with Crippen LogP contribution in [0.4, 0.5) is 5.69 Å². The summed E-state index contributed by atoms with van der Waals surface area (Å²) in [6.07, 6.45) is 3.91. The van der Waals surface area contributed by atoms with Crippen LogP contribution in [0.25, 0.3) is 0 Å². The van der Waals surface area contributed by atoms with Crippen molar-refractivity contribution in [1.29, 1.82) is 0 Å². The van der Waals surface area contributed by atoms with Crippen LogP contribution < -0.4 is 22.0 Å². The third kappa shape index (κ3) is 5.50. The third-order valence-electron chi connectivity index (χ3n) is 4.86. The Balaban J connectivity index is 1.40. The van der Waals surface area contributed by atoms with Crippen LogP contribution in [0.5, 0.6) is 0 Å². The minimum atomic E-state index is -0.205. The number of rotatable bonds is 7. The van der Waals surface area contributed by atoms with Crippen LogP contribution in [-0.2, 0) is 0 Å². The number of aliphatic imine (C=N–C) groups is 1. The van der Waals surface area contributed by atoms with Gasteiger partial charge in [0.25, 0.3) is 0 Å². The topological polar surface area (TPSA) is 86.8 Å². The number of para-hydroxylation sites is 1. The van der Waals surface area contributed by atoms with E-state index in [1.54, 1.807) is 11.8 Å². The van der Waals surface area contributed by atoms with E-state index in [0.29, 0.717) is 5.96 Å². The second-order valence-electron chi connectivity index (χ2n) is 7.26. The lowest BCUT2D eigenvalue weighted by molar-refractivity contribution is 0.735. The van der Waals surface area contributed by atoms with Gasteiger partial charge in [-0.15, -0.1) is 11.8 Å². The molecule has 1 aliphatic heterocycles. The molecule has 0 aromatic heterocycles. The molecule has 1 heterocycles. The summed E-state index contributed by atoms with van der Waals surface area (Å²) in [6.45, 7) is 2.12. The second kappa shape index (κ2) is 10.5. The monoisotopic (exact) mass is 442 g/mol. The molecule has 0 amide bonds.